The summed E-state index contributed by atoms with van der Waals surface area (Å²) >= 11 is 6.08. The lowest BCUT2D eigenvalue weighted by atomic mass is 9.97. The number of halogens is 1. The predicted molar refractivity (Wildman–Crippen MR) is 131 cm³/mol. The van der Waals surface area contributed by atoms with E-state index >= 15 is 0 Å². The fraction of sp³-hybridized carbons (Fsp3) is 0.0800. The van der Waals surface area contributed by atoms with Crippen molar-refractivity contribution >= 4 is 23.8 Å². The second-order valence-corrected chi connectivity index (χ2v) is 7.88. The number of rotatable bonds is 8. The number of carbonyl (C=O) groups is 1. The smallest absolute Gasteiger partial charge is 0.275 e. The van der Waals surface area contributed by atoms with Gasteiger partial charge in [0.05, 0.1) is 23.7 Å². The van der Waals surface area contributed by atoms with Crippen molar-refractivity contribution in [2.75, 3.05) is 12.2 Å². The van der Waals surface area contributed by atoms with Crippen molar-refractivity contribution in [3.05, 3.63) is 99.6 Å². The normalized spacial score (nSPS) is 10.4. The summed E-state index contributed by atoms with van der Waals surface area (Å²) in [6.45, 7) is -0.511. The Hall–Kier alpha value is -4.52. The third-order valence-electron chi connectivity index (χ3n) is 5.20. The molecule has 0 fully saturated rings. The van der Waals surface area contributed by atoms with E-state index in [-0.39, 0.29) is 17.9 Å². The third-order valence-corrected chi connectivity index (χ3v) is 5.45. The van der Waals surface area contributed by atoms with Gasteiger partial charge in [-0.2, -0.15) is 5.26 Å². The second-order valence-electron chi connectivity index (χ2n) is 7.44. The number of amides is 1. The minimum atomic E-state index is -0.619. The summed E-state index contributed by atoms with van der Waals surface area (Å²) in [6.07, 6.45) is 3.57. The van der Waals surface area contributed by atoms with Gasteiger partial charge >= 0.3 is 0 Å². The number of nitriles is 1. The molecule has 2 aromatic carbocycles. The lowest BCUT2D eigenvalue weighted by Crippen LogP contribution is -2.33. The molecule has 4 aromatic rings. The average Bonchev–Trinajstić information content (AvgIpc) is 2.90. The van der Waals surface area contributed by atoms with Crippen molar-refractivity contribution in [2.45, 2.75) is 6.54 Å². The van der Waals surface area contributed by atoms with Gasteiger partial charge in [0.2, 0.25) is 6.41 Å². The van der Waals surface area contributed by atoms with Crippen LogP contribution in [0, 0.1) is 11.3 Å². The Labute approximate surface area is 205 Å². The summed E-state index contributed by atoms with van der Waals surface area (Å²) < 4.78 is 1.26. The van der Waals surface area contributed by atoms with E-state index < -0.39 is 6.73 Å². The molecule has 35 heavy (non-hydrogen) atoms. The first-order valence-corrected chi connectivity index (χ1v) is 10.8. The Morgan fingerprint density at radius 3 is 2.29 bits per heavy atom. The summed E-state index contributed by atoms with van der Waals surface area (Å²) in [7, 11) is 0. The summed E-state index contributed by atoms with van der Waals surface area (Å²) in [4.78, 5) is 29.3. The Morgan fingerprint density at radius 1 is 1.03 bits per heavy atom. The van der Waals surface area contributed by atoms with E-state index in [2.05, 4.69) is 21.6 Å². The third kappa shape index (κ3) is 5.19. The molecule has 0 bridgehead atoms. The number of nitrogens with zero attached hydrogens (tertiary/aromatic N) is 5. The van der Waals surface area contributed by atoms with Crippen LogP contribution in [0.1, 0.15) is 11.1 Å². The fourth-order valence-corrected chi connectivity index (χ4v) is 3.65. The minimum Gasteiger partial charge on any atom is -0.374 e. The van der Waals surface area contributed by atoms with Crippen LogP contribution in [-0.2, 0) is 11.3 Å². The van der Waals surface area contributed by atoms with Crippen molar-refractivity contribution in [3.63, 3.8) is 0 Å². The van der Waals surface area contributed by atoms with Gasteiger partial charge in [0.1, 0.15) is 6.73 Å². The Morgan fingerprint density at radius 2 is 1.69 bits per heavy atom. The first-order chi connectivity index (χ1) is 17.0. The number of aromatic nitrogens is 3. The molecule has 0 aliphatic carbocycles. The fourth-order valence-electron chi connectivity index (χ4n) is 3.53. The Kier molecular flexibility index (Phi) is 7.16. The van der Waals surface area contributed by atoms with E-state index in [4.69, 9.17) is 16.9 Å². The quantitative estimate of drug-likeness (QED) is 0.222. The molecule has 0 saturated carbocycles. The highest BCUT2D eigenvalue weighted by atomic mass is 35.5. The Balaban J connectivity index is 1.98. The van der Waals surface area contributed by atoms with Crippen LogP contribution in [0.4, 0.5) is 5.82 Å². The highest BCUT2D eigenvalue weighted by Gasteiger charge is 2.22. The van der Waals surface area contributed by atoms with Crippen molar-refractivity contribution < 1.29 is 9.90 Å². The molecule has 0 radical (unpaired) electrons. The molecular weight excluding hydrogens is 468 g/mol. The molecule has 9 nitrogen and oxygen atoms in total. The van der Waals surface area contributed by atoms with Crippen LogP contribution >= 0.6 is 11.6 Å². The van der Waals surface area contributed by atoms with Gasteiger partial charge in [-0.1, -0.05) is 35.9 Å². The van der Waals surface area contributed by atoms with Gasteiger partial charge in [0.25, 0.3) is 5.56 Å². The standard InChI is InChI=1S/C25H19ClN6O3/c26-21-7-5-19(6-8-21)23-22(20-9-11-28-12-10-20)24(29-31(15-33)16-34)30-32(25(23)35)14-18-3-1-17(13-27)2-4-18/h1-12,15,34H,14,16H2,(H,29,30). The second kappa shape index (κ2) is 10.6. The van der Waals surface area contributed by atoms with E-state index in [1.807, 2.05) is 0 Å². The lowest BCUT2D eigenvalue weighted by molar-refractivity contribution is -0.119. The SMILES string of the molecule is N#Cc1ccc(Cn2nc(NN(C=O)CO)c(-c3ccncc3)c(-c3ccc(Cl)cc3)c2=O)cc1. The summed E-state index contributed by atoms with van der Waals surface area (Å²) in [6, 6.07) is 19.1. The van der Waals surface area contributed by atoms with Gasteiger partial charge < -0.3 is 5.11 Å². The number of nitrogens with one attached hydrogen (secondary N) is 1. The molecule has 174 valence electrons. The molecular formula is C25H19ClN6O3. The molecule has 2 aromatic heterocycles. The number of carbonyl (C=O) groups excluding carboxylic acids is 1. The zero-order chi connectivity index (χ0) is 24.8. The molecule has 0 unspecified atom stereocenters. The van der Waals surface area contributed by atoms with Crippen LogP contribution in [0.5, 0.6) is 0 Å². The number of anilines is 1. The number of aliphatic hydroxyl groups is 1. The van der Waals surface area contributed by atoms with E-state index in [1.54, 1.807) is 73.1 Å². The zero-order valence-corrected chi connectivity index (χ0v) is 19.1. The number of aliphatic hydroxyl groups excluding tert-OH is 1. The van der Waals surface area contributed by atoms with Crippen molar-refractivity contribution in [1.29, 1.82) is 5.26 Å². The van der Waals surface area contributed by atoms with E-state index in [0.717, 1.165) is 10.6 Å². The van der Waals surface area contributed by atoms with Crippen LogP contribution in [0.25, 0.3) is 22.3 Å². The number of hydrogen-bond donors (Lipinski definition) is 2. The van der Waals surface area contributed by atoms with Gasteiger partial charge in [-0.05, 0) is 53.1 Å². The summed E-state index contributed by atoms with van der Waals surface area (Å²) in [5.41, 5.74) is 5.63. The molecule has 10 heteroatoms. The largest absolute Gasteiger partial charge is 0.374 e. The average molecular weight is 487 g/mol. The van der Waals surface area contributed by atoms with Crippen LogP contribution < -0.4 is 11.0 Å². The van der Waals surface area contributed by atoms with Gasteiger partial charge in [-0.3, -0.25) is 20.0 Å². The summed E-state index contributed by atoms with van der Waals surface area (Å²) in [5.74, 6) is 0.176. The minimum absolute atomic E-state index is 0.108. The van der Waals surface area contributed by atoms with Crippen LogP contribution in [0.2, 0.25) is 5.02 Å². The predicted octanol–water partition coefficient (Wildman–Crippen LogP) is 3.28. The molecule has 0 aliphatic rings. The van der Waals surface area contributed by atoms with Crippen LogP contribution in [0.3, 0.4) is 0 Å². The highest BCUT2D eigenvalue weighted by Crippen LogP contribution is 2.35. The van der Waals surface area contributed by atoms with Gasteiger partial charge in [-0.25, -0.2) is 9.69 Å². The van der Waals surface area contributed by atoms with Gasteiger partial charge in [0, 0.05) is 23.0 Å². The van der Waals surface area contributed by atoms with E-state index in [0.29, 0.717) is 39.2 Å². The number of hydrazine groups is 1. The molecule has 0 atom stereocenters. The molecule has 4 rings (SSSR count). The van der Waals surface area contributed by atoms with Crippen LogP contribution in [0.15, 0.2) is 77.9 Å². The Bertz CT molecular complexity index is 1430. The van der Waals surface area contributed by atoms with Crippen molar-refractivity contribution in [3.8, 4) is 28.3 Å². The summed E-state index contributed by atoms with van der Waals surface area (Å²) in [5, 5.41) is 24.5. The molecule has 2 N–H and O–H groups in total. The monoisotopic (exact) mass is 486 g/mol. The molecule has 0 spiro atoms. The first kappa shape index (κ1) is 23.6. The molecule has 2 heterocycles. The van der Waals surface area contributed by atoms with Crippen molar-refractivity contribution in [1.82, 2.24) is 19.8 Å². The van der Waals surface area contributed by atoms with E-state index in [9.17, 15) is 14.7 Å². The maximum atomic E-state index is 13.8. The highest BCUT2D eigenvalue weighted by molar-refractivity contribution is 6.30. The number of pyridine rings is 1. The molecule has 1 amide bonds. The molecule has 0 aliphatic heterocycles. The maximum Gasteiger partial charge on any atom is 0.275 e. The topological polar surface area (TPSA) is 124 Å². The first-order valence-electron chi connectivity index (χ1n) is 10.4. The number of benzene rings is 2. The number of hydrogen-bond acceptors (Lipinski definition) is 7. The van der Waals surface area contributed by atoms with Crippen molar-refractivity contribution in [2.24, 2.45) is 0 Å². The van der Waals surface area contributed by atoms with Crippen LogP contribution in [-0.4, -0.2) is 38.0 Å². The molecule has 0 saturated heterocycles. The van der Waals surface area contributed by atoms with Gasteiger partial charge in [0.15, 0.2) is 5.82 Å². The lowest BCUT2D eigenvalue weighted by Gasteiger charge is -2.22. The van der Waals surface area contributed by atoms with Gasteiger partial charge in [-0.15, -0.1) is 5.10 Å². The maximum absolute atomic E-state index is 13.8. The zero-order valence-electron chi connectivity index (χ0n) is 18.3. The van der Waals surface area contributed by atoms with E-state index in [1.165, 1.54) is 4.68 Å².